The van der Waals surface area contributed by atoms with Crippen LogP contribution in [0, 0.1) is 5.92 Å². The number of piperidine rings is 1. The Morgan fingerprint density at radius 1 is 1.12 bits per heavy atom. The average Bonchev–Trinajstić information content (AvgIpc) is 3.60. The number of hydrogen-bond acceptors (Lipinski definition) is 7. The predicted octanol–water partition coefficient (Wildman–Crippen LogP) is 4.19. The highest BCUT2D eigenvalue weighted by Gasteiger charge is 2.29. The van der Waals surface area contributed by atoms with Gasteiger partial charge >= 0.3 is 5.97 Å². The zero-order valence-electron chi connectivity index (χ0n) is 18.6. The molecule has 0 bridgehead atoms. The summed E-state index contributed by atoms with van der Waals surface area (Å²) in [7, 11) is 0. The largest absolute Gasteiger partial charge is 0.493 e. The number of anilines is 2. The standard InChI is InChI=1S/C25H26N4O5/c30-24(21-13-22(34-28-21)17-4-5-17)27-19-6-7-23(26-14-19)29-10-8-16(9-11-29)15-33-20-3-1-2-18(12-20)25(31)32/h1-3,6-7,12-14,16-17H,4-5,8-11,15H2,(H,27,30)(H,31,32). The molecule has 3 heterocycles. The number of nitrogens with one attached hydrogen (secondary N) is 1. The second-order valence-electron chi connectivity index (χ2n) is 8.82. The van der Waals surface area contributed by atoms with Crippen LogP contribution >= 0.6 is 0 Å². The molecule has 0 radical (unpaired) electrons. The average molecular weight is 463 g/mol. The number of amides is 1. The molecule has 1 amide bonds. The van der Waals surface area contributed by atoms with Crippen molar-refractivity contribution >= 4 is 23.4 Å². The van der Waals surface area contributed by atoms with Gasteiger partial charge in [-0.1, -0.05) is 11.2 Å². The van der Waals surface area contributed by atoms with Gasteiger partial charge in [0.15, 0.2) is 5.69 Å². The van der Waals surface area contributed by atoms with Crippen LogP contribution in [0.5, 0.6) is 5.75 Å². The van der Waals surface area contributed by atoms with E-state index in [-0.39, 0.29) is 17.2 Å². The van der Waals surface area contributed by atoms with Crippen molar-refractivity contribution in [3.8, 4) is 5.75 Å². The molecule has 9 heteroatoms. The van der Waals surface area contributed by atoms with Crippen LogP contribution < -0.4 is 15.0 Å². The van der Waals surface area contributed by atoms with E-state index in [9.17, 15) is 9.59 Å². The third-order valence-electron chi connectivity index (χ3n) is 6.25. The molecular formula is C25H26N4O5. The van der Waals surface area contributed by atoms with E-state index in [1.54, 1.807) is 36.5 Å². The van der Waals surface area contributed by atoms with Crippen molar-refractivity contribution in [3.63, 3.8) is 0 Å². The fourth-order valence-electron chi connectivity index (χ4n) is 4.06. The molecule has 2 N–H and O–H groups in total. The van der Waals surface area contributed by atoms with Crippen molar-refractivity contribution in [1.29, 1.82) is 0 Å². The normalized spacial score (nSPS) is 16.3. The summed E-state index contributed by atoms with van der Waals surface area (Å²) >= 11 is 0. The molecule has 0 atom stereocenters. The van der Waals surface area contributed by atoms with Gasteiger partial charge in [-0.25, -0.2) is 9.78 Å². The highest BCUT2D eigenvalue weighted by molar-refractivity contribution is 6.02. The molecular weight excluding hydrogens is 436 g/mol. The van der Waals surface area contributed by atoms with E-state index < -0.39 is 5.97 Å². The molecule has 2 aromatic heterocycles. The summed E-state index contributed by atoms with van der Waals surface area (Å²) in [6.45, 7) is 2.26. The Morgan fingerprint density at radius 3 is 2.65 bits per heavy atom. The minimum absolute atomic E-state index is 0.224. The lowest BCUT2D eigenvalue weighted by Gasteiger charge is -2.32. The van der Waals surface area contributed by atoms with Gasteiger partial charge < -0.3 is 24.6 Å². The van der Waals surface area contributed by atoms with E-state index in [0.29, 0.717) is 29.9 Å². The summed E-state index contributed by atoms with van der Waals surface area (Å²) in [5.74, 6) is 1.76. The Kier molecular flexibility index (Phi) is 6.16. The Morgan fingerprint density at radius 2 is 1.94 bits per heavy atom. The maximum Gasteiger partial charge on any atom is 0.335 e. The van der Waals surface area contributed by atoms with Crippen molar-refractivity contribution in [2.75, 3.05) is 29.9 Å². The number of aromatic nitrogens is 2. The van der Waals surface area contributed by atoms with Crippen molar-refractivity contribution in [1.82, 2.24) is 10.1 Å². The lowest BCUT2D eigenvalue weighted by molar-refractivity contribution is 0.0696. The number of carboxylic acid groups (broad SMARTS) is 1. The number of ether oxygens (including phenoxy) is 1. The van der Waals surface area contributed by atoms with Crippen LogP contribution in [0.3, 0.4) is 0 Å². The molecule has 1 saturated carbocycles. The van der Waals surface area contributed by atoms with E-state index in [2.05, 4.69) is 20.4 Å². The first-order valence-corrected chi connectivity index (χ1v) is 11.5. The summed E-state index contributed by atoms with van der Waals surface area (Å²) in [6, 6.07) is 12.0. The molecule has 1 saturated heterocycles. The molecule has 1 aliphatic heterocycles. The maximum atomic E-state index is 12.4. The van der Waals surface area contributed by atoms with Crippen LogP contribution in [0.1, 0.15) is 58.2 Å². The highest BCUT2D eigenvalue weighted by Crippen LogP contribution is 2.40. The Balaban J connectivity index is 1.09. The minimum Gasteiger partial charge on any atom is -0.493 e. The topological polar surface area (TPSA) is 118 Å². The van der Waals surface area contributed by atoms with Crippen LogP contribution in [0.25, 0.3) is 0 Å². The van der Waals surface area contributed by atoms with E-state index >= 15 is 0 Å². The van der Waals surface area contributed by atoms with Crippen LogP contribution in [-0.4, -0.2) is 46.8 Å². The van der Waals surface area contributed by atoms with Crippen molar-refractivity contribution in [2.45, 2.75) is 31.6 Å². The Bertz CT molecular complexity index is 1160. The number of nitrogens with zero attached hydrogens (tertiary/aromatic N) is 3. The van der Waals surface area contributed by atoms with Crippen LogP contribution in [-0.2, 0) is 0 Å². The maximum absolute atomic E-state index is 12.4. The smallest absolute Gasteiger partial charge is 0.335 e. The number of benzene rings is 1. The minimum atomic E-state index is -0.960. The molecule has 9 nitrogen and oxygen atoms in total. The molecule has 3 aromatic rings. The third-order valence-corrected chi connectivity index (χ3v) is 6.25. The fourth-order valence-corrected chi connectivity index (χ4v) is 4.06. The zero-order chi connectivity index (χ0) is 23.5. The molecule has 5 rings (SSSR count). The predicted molar refractivity (Wildman–Crippen MR) is 125 cm³/mol. The van der Waals surface area contributed by atoms with Crippen LogP contribution in [0.15, 0.2) is 53.2 Å². The van der Waals surface area contributed by atoms with Gasteiger partial charge in [0.1, 0.15) is 17.3 Å². The number of hydrogen-bond donors (Lipinski definition) is 2. The second-order valence-corrected chi connectivity index (χ2v) is 8.82. The SMILES string of the molecule is O=C(O)c1cccc(OCC2CCN(c3ccc(NC(=O)c4cc(C5CC5)on4)cn3)CC2)c1. The summed E-state index contributed by atoms with van der Waals surface area (Å²) in [5, 5.41) is 15.8. The number of pyridine rings is 1. The lowest BCUT2D eigenvalue weighted by atomic mass is 9.98. The van der Waals surface area contributed by atoms with E-state index in [1.807, 2.05) is 12.1 Å². The Labute approximate surface area is 196 Å². The van der Waals surface area contributed by atoms with Crippen molar-refractivity contribution in [2.24, 2.45) is 5.92 Å². The zero-order valence-corrected chi connectivity index (χ0v) is 18.6. The molecule has 0 spiro atoms. The number of rotatable bonds is 8. The van der Waals surface area contributed by atoms with Gasteiger partial charge in [0.25, 0.3) is 5.91 Å². The van der Waals surface area contributed by atoms with Gasteiger partial charge in [0, 0.05) is 25.1 Å². The number of carboxylic acids is 1. The molecule has 1 aliphatic carbocycles. The van der Waals surface area contributed by atoms with E-state index in [4.69, 9.17) is 14.4 Å². The van der Waals surface area contributed by atoms with Gasteiger partial charge in [-0.15, -0.1) is 0 Å². The number of carbonyl (C=O) groups is 2. The van der Waals surface area contributed by atoms with Gasteiger partial charge in [-0.2, -0.15) is 0 Å². The quantitative estimate of drug-likeness (QED) is 0.512. The second kappa shape index (κ2) is 9.54. The number of aromatic carboxylic acids is 1. The molecule has 176 valence electrons. The molecule has 34 heavy (non-hydrogen) atoms. The summed E-state index contributed by atoms with van der Waals surface area (Å²) in [6.07, 6.45) is 5.74. The van der Waals surface area contributed by atoms with Gasteiger partial charge in [0.05, 0.1) is 24.1 Å². The first-order chi connectivity index (χ1) is 16.5. The van der Waals surface area contributed by atoms with Gasteiger partial charge in [0.2, 0.25) is 0 Å². The summed E-state index contributed by atoms with van der Waals surface area (Å²) in [5.41, 5.74) is 1.11. The van der Waals surface area contributed by atoms with E-state index in [1.165, 1.54) is 0 Å². The summed E-state index contributed by atoms with van der Waals surface area (Å²) < 4.78 is 11.1. The van der Waals surface area contributed by atoms with Crippen LogP contribution in [0.4, 0.5) is 11.5 Å². The first-order valence-electron chi connectivity index (χ1n) is 11.5. The van der Waals surface area contributed by atoms with Gasteiger partial charge in [-0.05, 0) is 61.9 Å². The Hall–Kier alpha value is -3.88. The first kappa shape index (κ1) is 21.9. The van der Waals surface area contributed by atoms with Crippen LogP contribution in [0.2, 0.25) is 0 Å². The fraction of sp³-hybridized carbons (Fsp3) is 0.360. The molecule has 2 aliphatic rings. The number of carbonyl (C=O) groups excluding carboxylic acids is 1. The third kappa shape index (κ3) is 5.19. The van der Waals surface area contributed by atoms with Gasteiger partial charge in [-0.3, -0.25) is 4.79 Å². The summed E-state index contributed by atoms with van der Waals surface area (Å²) in [4.78, 5) is 30.2. The van der Waals surface area contributed by atoms with Crippen molar-refractivity contribution in [3.05, 3.63) is 65.7 Å². The monoisotopic (exact) mass is 462 g/mol. The highest BCUT2D eigenvalue weighted by atomic mass is 16.5. The molecule has 2 fully saturated rings. The van der Waals surface area contributed by atoms with E-state index in [0.717, 1.165) is 50.4 Å². The molecule has 1 aromatic carbocycles. The lowest BCUT2D eigenvalue weighted by Crippen LogP contribution is -2.36. The molecule has 0 unspecified atom stereocenters. The van der Waals surface area contributed by atoms with Crippen molar-refractivity contribution < 1.29 is 24.0 Å².